The lowest BCUT2D eigenvalue weighted by Gasteiger charge is -2.45. The maximum absolute atomic E-state index is 14.1. The van der Waals surface area contributed by atoms with Crippen LogP contribution in [0.4, 0.5) is 10.1 Å². The lowest BCUT2D eigenvalue weighted by atomic mass is 9.89. The van der Waals surface area contributed by atoms with Crippen LogP contribution in [0.25, 0.3) is 0 Å². The summed E-state index contributed by atoms with van der Waals surface area (Å²) in [5.74, 6) is -0.323. The molecular weight excluding hydrogens is 257 g/mol. The van der Waals surface area contributed by atoms with E-state index in [2.05, 4.69) is 4.90 Å². The average molecular weight is 279 g/mol. The third-order valence-electron chi connectivity index (χ3n) is 4.49. The van der Waals surface area contributed by atoms with Gasteiger partial charge in [0.05, 0.1) is 24.9 Å². The van der Waals surface area contributed by atoms with Crippen molar-refractivity contribution in [1.82, 2.24) is 0 Å². The number of hydrogen-bond donors (Lipinski definition) is 1. The molecule has 1 heterocycles. The first kappa shape index (κ1) is 13.8. The first-order valence-corrected chi connectivity index (χ1v) is 7.53. The molecule has 3 rings (SSSR count). The minimum absolute atomic E-state index is 0.252. The van der Waals surface area contributed by atoms with Gasteiger partial charge in [-0.25, -0.2) is 4.39 Å². The van der Waals surface area contributed by atoms with E-state index >= 15 is 0 Å². The van der Waals surface area contributed by atoms with Gasteiger partial charge in [0.1, 0.15) is 5.82 Å². The van der Waals surface area contributed by atoms with Crippen LogP contribution in [0.3, 0.4) is 0 Å². The van der Waals surface area contributed by atoms with Crippen molar-refractivity contribution >= 4 is 5.69 Å². The van der Waals surface area contributed by atoms with Gasteiger partial charge in [0.2, 0.25) is 0 Å². The van der Waals surface area contributed by atoms with Crippen molar-refractivity contribution in [3.63, 3.8) is 0 Å². The van der Waals surface area contributed by atoms with E-state index in [4.69, 9.17) is 4.74 Å². The summed E-state index contributed by atoms with van der Waals surface area (Å²) in [4.78, 5) is 2.25. The number of rotatable bonds is 2. The highest BCUT2D eigenvalue weighted by Crippen LogP contribution is 2.36. The van der Waals surface area contributed by atoms with Crippen LogP contribution in [0.5, 0.6) is 0 Å². The fourth-order valence-electron chi connectivity index (χ4n) is 3.59. The van der Waals surface area contributed by atoms with Crippen molar-refractivity contribution < 1.29 is 14.2 Å². The summed E-state index contributed by atoms with van der Waals surface area (Å²) in [6.45, 7) is 3.07. The van der Waals surface area contributed by atoms with Crippen LogP contribution in [-0.2, 0) is 4.74 Å². The van der Waals surface area contributed by atoms with Crippen LogP contribution in [0.15, 0.2) is 18.2 Å². The normalized spacial score (nSPS) is 28.1. The van der Waals surface area contributed by atoms with E-state index in [0.717, 1.165) is 25.1 Å². The Balaban J connectivity index is 1.97. The van der Waals surface area contributed by atoms with Crippen LogP contribution in [0.1, 0.15) is 44.3 Å². The molecule has 1 saturated heterocycles. The van der Waals surface area contributed by atoms with Crippen molar-refractivity contribution in [3.8, 4) is 0 Å². The second-order valence-electron chi connectivity index (χ2n) is 5.80. The number of anilines is 1. The van der Waals surface area contributed by atoms with Crippen molar-refractivity contribution in [2.24, 2.45) is 0 Å². The van der Waals surface area contributed by atoms with Gasteiger partial charge in [-0.3, -0.25) is 0 Å². The minimum atomic E-state index is -0.795. The summed E-state index contributed by atoms with van der Waals surface area (Å²) in [5, 5.41) is 9.91. The molecule has 0 bridgehead atoms. The molecule has 1 aliphatic carbocycles. The Morgan fingerprint density at radius 1 is 1.35 bits per heavy atom. The second kappa shape index (κ2) is 5.70. The Labute approximate surface area is 119 Å². The van der Waals surface area contributed by atoms with Crippen LogP contribution >= 0.6 is 0 Å². The molecule has 1 saturated carbocycles. The fourth-order valence-corrected chi connectivity index (χ4v) is 3.59. The molecule has 1 aliphatic heterocycles. The standard InChI is InChI=1S/C16H22FNO2/c1-11(19)16-12(17)5-4-7-14(16)18-9-10-20-15-8-3-2-6-13(15)18/h4-5,7,11,13,15,19H,2-3,6,8-10H2,1H3/t11-,13?,15?/m0/s1. The van der Waals surface area contributed by atoms with Crippen LogP contribution < -0.4 is 4.90 Å². The van der Waals surface area contributed by atoms with Crippen molar-refractivity contribution in [2.45, 2.75) is 50.9 Å². The quantitative estimate of drug-likeness (QED) is 0.903. The highest BCUT2D eigenvalue weighted by Gasteiger charge is 2.35. The average Bonchev–Trinajstić information content (AvgIpc) is 2.46. The molecule has 0 aromatic heterocycles. The largest absolute Gasteiger partial charge is 0.389 e. The number of morpholine rings is 1. The Morgan fingerprint density at radius 2 is 2.15 bits per heavy atom. The summed E-state index contributed by atoms with van der Waals surface area (Å²) in [6, 6.07) is 5.38. The van der Waals surface area contributed by atoms with Gasteiger partial charge >= 0.3 is 0 Å². The zero-order valence-corrected chi connectivity index (χ0v) is 11.9. The number of halogens is 1. The molecule has 110 valence electrons. The molecule has 20 heavy (non-hydrogen) atoms. The Hall–Kier alpha value is -1.13. The smallest absolute Gasteiger partial charge is 0.131 e. The number of hydrogen-bond acceptors (Lipinski definition) is 3. The topological polar surface area (TPSA) is 32.7 Å². The fraction of sp³-hybridized carbons (Fsp3) is 0.625. The Kier molecular flexibility index (Phi) is 3.94. The Morgan fingerprint density at radius 3 is 2.95 bits per heavy atom. The molecule has 2 unspecified atom stereocenters. The van der Waals surface area contributed by atoms with E-state index in [1.165, 1.54) is 18.9 Å². The summed E-state index contributed by atoms with van der Waals surface area (Å²) in [6.07, 6.45) is 4.03. The SMILES string of the molecule is C[C@H](O)c1c(F)cccc1N1CCOC2CCCCC21. The molecule has 1 aromatic carbocycles. The van der Waals surface area contributed by atoms with E-state index in [-0.39, 0.29) is 11.9 Å². The minimum Gasteiger partial charge on any atom is -0.389 e. The molecular formula is C16H22FNO2. The first-order valence-electron chi connectivity index (χ1n) is 7.53. The predicted octanol–water partition coefficient (Wildman–Crippen LogP) is 3.03. The van der Waals surface area contributed by atoms with Crippen LogP contribution in [-0.4, -0.2) is 30.4 Å². The molecule has 0 spiro atoms. The maximum Gasteiger partial charge on any atom is 0.131 e. The Bertz CT molecular complexity index is 476. The van der Waals surface area contributed by atoms with Crippen LogP contribution in [0.2, 0.25) is 0 Å². The third kappa shape index (κ3) is 2.42. The van der Waals surface area contributed by atoms with E-state index in [1.54, 1.807) is 13.0 Å². The summed E-state index contributed by atoms with van der Waals surface area (Å²) < 4.78 is 19.9. The number of ether oxygens (including phenoxy) is 1. The van der Waals surface area contributed by atoms with Crippen molar-refractivity contribution in [2.75, 3.05) is 18.1 Å². The van der Waals surface area contributed by atoms with Gasteiger partial charge in [-0.2, -0.15) is 0 Å². The number of aliphatic hydroxyl groups is 1. The molecule has 2 aliphatic rings. The number of fused-ring (bicyclic) bond motifs is 1. The molecule has 3 atom stereocenters. The second-order valence-corrected chi connectivity index (χ2v) is 5.80. The maximum atomic E-state index is 14.1. The van der Waals surface area contributed by atoms with Gasteiger partial charge in [0, 0.05) is 17.8 Å². The molecule has 2 fully saturated rings. The molecule has 3 nitrogen and oxygen atoms in total. The molecule has 0 radical (unpaired) electrons. The lowest BCUT2D eigenvalue weighted by molar-refractivity contribution is -0.00891. The highest BCUT2D eigenvalue weighted by atomic mass is 19.1. The molecule has 0 amide bonds. The van der Waals surface area contributed by atoms with E-state index in [1.807, 2.05) is 6.07 Å². The van der Waals surface area contributed by atoms with Gasteiger partial charge in [0.25, 0.3) is 0 Å². The van der Waals surface area contributed by atoms with Gasteiger partial charge in [-0.15, -0.1) is 0 Å². The lowest BCUT2D eigenvalue weighted by Crippen LogP contribution is -2.53. The zero-order valence-electron chi connectivity index (χ0n) is 11.9. The third-order valence-corrected chi connectivity index (χ3v) is 4.49. The van der Waals surface area contributed by atoms with Gasteiger partial charge in [-0.1, -0.05) is 18.9 Å². The van der Waals surface area contributed by atoms with Crippen molar-refractivity contribution in [3.05, 3.63) is 29.6 Å². The zero-order chi connectivity index (χ0) is 14.1. The molecule has 1 aromatic rings. The predicted molar refractivity (Wildman–Crippen MR) is 76.4 cm³/mol. The summed E-state index contributed by atoms with van der Waals surface area (Å²) in [7, 11) is 0. The van der Waals surface area contributed by atoms with E-state index in [9.17, 15) is 9.50 Å². The number of benzene rings is 1. The van der Waals surface area contributed by atoms with E-state index in [0.29, 0.717) is 18.2 Å². The highest BCUT2D eigenvalue weighted by molar-refractivity contribution is 5.56. The van der Waals surface area contributed by atoms with Gasteiger partial charge in [0.15, 0.2) is 0 Å². The monoisotopic (exact) mass is 279 g/mol. The van der Waals surface area contributed by atoms with Gasteiger partial charge in [-0.05, 0) is 31.9 Å². The summed E-state index contributed by atoms with van der Waals surface area (Å²) in [5.41, 5.74) is 1.25. The molecule has 4 heteroatoms. The molecule has 1 N–H and O–H groups in total. The van der Waals surface area contributed by atoms with Gasteiger partial charge < -0.3 is 14.7 Å². The summed E-state index contributed by atoms with van der Waals surface area (Å²) >= 11 is 0. The van der Waals surface area contributed by atoms with E-state index < -0.39 is 6.10 Å². The van der Waals surface area contributed by atoms with Crippen LogP contribution in [0, 0.1) is 5.82 Å². The van der Waals surface area contributed by atoms with Crippen molar-refractivity contribution in [1.29, 1.82) is 0 Å². The number of nitrogens with zero attached hydrogens (tertiary/aromatic N) is 1. The number of aliphatic hydroxyl groups excluding tert-OH is 1. The first-order chi connectivity index (χ1) is 9.68.